The number of nitrogens with one attached hydrogen (secondary N) is 1. The number of hydrogen-bond acceptors (Lipinski definition) is 5. The Balaban J connectivity index is 1.45. The zero-order valence-electron chi connectivity index (χ0n) is 16.6. The second kappa shape index (κ2) is 9.64. The van der Waals surface area contributed by atoms with Gasteiger partial charge in [-0.1, -0.05) is 41.9 Å². The van der Waals surface area contributed by atoms with Crippen LogP contribution in [0.2, 0.25) is 5.02 Å². The summed E-state index contributed by atoms with van der Waals surface area (Å²) < 4.78 is 5.88. The number of hydrogen-bond donors (Lipinski definition) is 2. The van der Waals surface area contributed by atoms with E-state index in [-0.39, 0.29) is 12.3 Å². The van der Waals surface area contributed by atoms with Crippen LogP contribution in [0.15, 0.2) is 76.5 Å². The molecular weight excluding hydrogens is 448 g/mol. The van der Waals surface area contributed by atoms with Crippen LogP contribution in [-0.4, -0.2) is 22.0 Å². The van der Waals surface area contributed by atoms with Crippen LogP contribution < -0.4 is 5.32 Å². The molecule has 0 aliphatic rings. The topological polar surface area (TPSA) is 92.4 Å². The van der Waals surface area contributed by atoms with E-state index in [1.807, 2.05) is 30.3 Å². The van der Waals surface area contributed by atoms with Crippen LogP contribution in [0.3, 0.4) is 0 Å². The molecule has 32 heavy (non-hydrogen) atoms. The molecule has 8 heteroatoms. The summed E-state index contributed by atoms with van der Waals surface area (Å²) in [6.45, 7) is 0. The molecule has 0 radical (unpaired) electrons. The number of carbonyl (C=O) groups excluding carboxylic acids is 1. The van der Waals surface area contributed by atoms with Crippen molar-refractivity contribution in [1.29, 1.82) is 0 Å². The van der Waals surface area contributed by atoms with Gasteiger partial charge in [-0.15, -0.1) is 11.3 Å². The van der Waals surface area contributed by atoms with Gasteiger partial charge in [0.2, 0.25) is 5.91 Å². The number of anilines is 1. The van der Waals surface area contributed by atoms with Crippen molar-refractivity contribution >= 4 is 46.6 Å². The number of rotatable bonds is 7. The zero-order chi connectivity index (χ0) is 22.5. The lowest BCUT2D eigenvalue weighted by atomic mass is 10.1. The lowest BCUT2D eigenvalue weighted by Crippen LogP contribution is -2.07. The van der Waals surface area contributed by atoms with E-state index in [0.29, 0.717) is 38.5 Å². The first-order chi connectivity index (χ1) is 15.5. The summed E-state index contributed by atoms with van der Waals surface area (Å²) in [5, 5.41) is 14.3. The maximum absolute atomic E-state index is 12.2. The normalized spacial score (nSPS) is 11.0. The van der Waals surface area contributed by atoms with Crippen molar-refractivity contribution in [2.45, 2.75) is 6.42 Å². The van der Waals surface area contributed by atoms with Crippen molar-refractivity contribution in [3.8, 4) is 22.8 Å². The Hall–Kier alpha value is -3.68. The molecule has 4 rings (SSSR count). The molecule has 1 amide bonds. The van der Waals surface area contributed by atoms with Crippen molar-refractivity contribution in [2.24, 2.45) is 0 Å². The first-order valence-electron chi connectivity index (χ1n) is 9.58. The van der Waals surface area contributed by atoms with E-state index >= 15 is 0 Å². The van der Waals surface area contributed by atoms with Gasteiger partial charge in [-0.05, 0) is 42.0 Å². The van der Waals surface area contributed by atoms with Crippen LogP contribution in [0, 0.1) is 0 Å². The molecular formula is C24H17ClN2O4S. The molecule has 0 fully saturated rings. The number of halogens is 1. The van der Waals surface area contributed by atoms with Crippen molar-refractivity contribution in [1.82, 2.24) is 4.98 Å². The van der Waals surface area contributed by atoms with E-state index < -0.39 is 5.97 Å². The van der Waals surface area contributed by atoms with Gasteiger partial charge in [0.05, 0.1) is 11.4 Å². The first-order valence-corrected chi connectivity index (χ1v) is 10.8. The highest BCUT2D eigenvalue weighted by Crippen LogP contribution is 2.34. The molecule has 4 aromatic rings. The van der Waals surface area contributed by atoms with Gasteiger partial charge < -0.3 is 14.8 Å². The van der Waals surface area contributed by atoms with Gasteiger partial charge in [-0.2, -0.15) is 0 Å². The molecule has 0 atom stereocenters. The van der Waals surface area contributed by atoms with Crippen molar-refractivity contribution in [3.05, 3.63) is 87.7 Å². The highest BCUT2D eigenvalue weighted by atomic mass is 35.5. The lowest BCUT2D eigenvalue weighted by Gasteiger charge is -2.06. The van der Waals surface area contributed by atoms with Crippen molar-refractivity contribution in [3.63, 3.8) is 0 Å². The summed E-state index contributed by atoms with van der Waals surface area (Å²) in [6, 6.07) is 18.2. The van der Waals surface area contributed by atoms with Crippen LogP contribution in [0.5, 0.6) is 0 Å². The van der Waals surface area contributed by atoms with Crippen LogP contribution in [0.1, 0.15) is 10.6 Å². The standard InChI is InChI=1S/C24H17ClN2O4S/c25-18-12-16(26-22(28)11-6-15-4-2-1-3-5-15)7-8-17(18)20-9-10-21(31-20)19-14-32-23(27-19)13-24(29)30/h1-12,14H,13H2,(H,26,28)(H,29,30)/b11-6+. The fourth-order valence-electron chi connectivity index (χ4n) is 2.97. The van der Waals surface area contributed by atoms with E-state index in [9.17, 15) is 9.59 Å². The summed E-state index contributed by atoms with van der Waals surface area (Å²) >= 11 is 7.70. The fourth-order valence-corrected chi connectivity index (χ4v) is 4.02. The molecule has 0 aliphatic heterocycles. The summed E-state index contributed by atoms with van der Waals surface area (Å²) in [7, 11) is 0. The van der Waals surface area contributed by atoms with Gasteiger partial charge in [0.25, 0.3) is 0 Å². The molecule has 2 heterocycles. The predicted molar refractivity (Wildman–Crippen MR) is 126 cm³/mol. The maximum Gasteiger partial charge on any atom is 0.310 e. The Bertz CT molecular complexity index is 1290. The average molecular weight is 465 g/mol. The van der Waals surface area contributed by atoms with E-state index in [2.05, 4.69) is 10.3 Å². The third-order valence-electron chi connectivity index (χ3n) is 4.44. The molecule has 0 saturated carbocycles. The quantitative estimate of drug-likeness (QED) is 0.327. The minimum Gasteiger partial charge on any atom is -0.481 e. The molecule has 0 bridgehead atoms. The lowest BCUT2D eigenvalue weighted by molar-refractivity contribution is -0.136. The molecule has 0 aliphatic carbocycles. The fraction of sp³-hybridized carbons (Fsp3) is 0.0417. The van der Waals surface area contributed by atoms with Crippen LogP contribution in [0.25, 0.3) is 28.9 Å². The van der Waals surface area contributed by atoms with Gasteiger partial charge in [-0.25, -0.2) is 4.98 Å². The van der Waals surface area contributed by atoms with Crippen molar-refractivity contribution < 1.29 is 19.1 Å². The Labute approximate surface area is 192 Å². The second-order valence-electron chi connectivity index (χ2n) is 6.79. The molecule has 2 aromatic carbocycles. The first kappa shape index (κ1) is 21.5. The maximum atomic E-state index is 12.2. The molecule has 2 aromatic heterocycles. The van der Waals surface area contributed by atoms with Crippen molar-refractivity contribution in [2.75, 3.05) is 5.32 Å². The smallest absolute Gasteiger partial charge is 0.310 e. The number of aliphatic carboxylic acids is 1. The van der Waals surface area contributed by atoms with Gasteiger partial charge in [-0.3, -0.25) is 9.59 Å². The predicted octanol–water partition coefficient (Wildman–Crippen LogP) is 6.00. The minimum atomic E-state index is -0.930. The minimum absolute atomic E-state index is 0.127. The highest BCUT2D eigenvalue weighted by Gasteiger charge is 2.14. The number of carboxylic acids is 1. The van der Waals surface area contributed by atoms with Crippen LogP contribution in [-0.2, 0) is 16.0 Å². The van der Waals surface area contributed by atoms with Gasteiger partial charge in [0.1, 0.15) is 16.5 Å². The van der Waals surface area contributed by atoms with E-state index in [1.54, 1.807) is 41.8 Å². The summed E-state index contributed by atoms with van der Waals surface area (Å²) in [6.07, 6.45) is 3.07. The molecule has 0 spiro atoms. The zero-order valence-corrected chi connectivity index (χ0v) is 18.2. The number of aromatic nitrogens is 1. The van der Waals surface area contributed by atoms with E-state index in [1.165, 1.54) is 17.4 Å². The number of amides is 1. The van der Waals surface area contributed by atoms with E-state index in [0.717, 1.165) is 5.56 Å². The molecule has 0 saturated heterocycles. The Kier molecular flexibility index (Phi) is 6.49. The number of carbonyl (C=O) groups is 2. The van der Waals surface area contributed by atoms with E-state index in [4.69, 9.17) is 21.1 Å². The van der Waals surface area contributed by atoms with Crippen LogP contribution >= 0.6 is 22.9 Å². The monoisotopic (exact) mass is 464 g/mol. The molecule has 160 valence electrons. The summed E-state index contributed by atoms with van der Waals surface area (Å²) in [5.74, 6) is -0.133. The van der Waals surface area contributed by atoms with Crippen LogP contribution in [0.4, 0.5) is 5.69 Å². The number of nitrogens with zero attached hydrogens (tertiary/aromatic N) is 1. The Morgan fingerprint density at radius 2 is 1.88 bits per heavy atom. The molecule has 2 N–H and O–H groups in total. The summed E-state index contributed by atoms with van der Waals surface area (Å²) in [4.78, 5) is 27.3. The second-order valence-corrected chi connectivity index (χ2v) is 8.14. The number of furan rings is 1. The molecule has 0 unspecified atom stereocenters. The summed E-state index contributed by atoms with van der Waals surface area (Å²) in [5.41, 5.74) is 2.73. The largest absolute Gasteiger partial charge is 0.481 e. The number of benzene rings is 2. The van der Waals surface area contributed by atoms with Gasteiger partial charge in [0.15, 0.2) is 5.76 Å². The number of carboxylic acid groups (broad SMARTS) is 1. The highest BCUT2D eigenvalue weighted by molar-refractivity contribution is 7.10. The van der Waals surface area contributed by atoms with Gasteiger partial charge in [0, 0.05) is 22.7 Å². The number of thiazole rings is 1. The third kappa shape index (κ3) is 5.32. The Morgan fingerprint density at radius 3 is 2.62 bits per heavy atom. The third-order valence-corrected chi connectivity index (χ3v) is 5.60. The Morgan fingerprint density at radius 1 is 1.09 bits per heavy atom. The SMILES string of the molecule is O=C(O)Cc1nc(-c2ccc(-c3ccc(NC(=O)/C=C/c4ccccc4)cc3Cl)o2)cs1. The van der Waals surface area contributed by atoms with Gasteiger partial charge >= 0.3 is 5.97 Å². The average Bonchev–Trinajstić information content (AvgIpc) is 3.42. The molecule has 6 nitrogen and oxygen atoms in total.